The van der Waals surface area contributed by atoms with Crippen molar-refractivity contribution < 1.29 is 19.1 Å². The van der Waals surface area contributed by atoms with Crippen molar-refractivity contribution in [2.24, 2.45) is 0 Å². The number of rotatable bonds is 5. The van der Waals surface area contributed by atoms with Crippen LogP contribution in [-0.4, -0.2) is 35.1 Å². The Labute approximate surface area is 128 Å². The van der Waals surface area contributed by atoms with Crippen LogP contribution in [0.5, 0.6) is 0 Å². The summed E-state index contributed by atoms with van der Waals surface area (Å²) in [6, 6.07) is 6.75. The molecule has 0 N–H and O–H groups in total. The van der Waals surface area contributed by atoms with Gasteiger partial charge >= 0.3 is 11.9 Å². The van der Waals surface area contributed by atoms with E-state index in [2.05, 4.69) is 9.97 Å². The Balaban J connectivity index is 2.53. The van der Waals surface area contributed by atoms with Gasteiger partial charge in [0.25, 0.3) is 0 Å². The summed E-state index contributed by atoms with van der Waals surface area (Å²) in [6.45, 7) is 3.92. The maximum absolute atomic E-state index is 12.0. The van der Waals surface area contributed by atoms with Crippen molar-refractivity contribution in [3.05, 3.63) is 48.0 Å². The first kappa shape index (κ1) is 15.6. The van der Waals surface area contributed by atoms with Crippen molar-refractivity contribution in [2.45, 2.75) is 13.8 Å². The van der Waals surface area contributed by atoms with Crippen LogP contribution in [0.3, 0.4) is 0 Å². The van der Waals surface area contributed by atoms with Gasteiger partial charge in [0.15, 0.2) is 11.4 Å². The molecule has 114 valence electrons. The Kier molecular flexibility index (Phi) is 5.19. The number of aromatic nitrogens is 2. The fourth-order valence-corrected chi connectivity index (χ4v) is 1.97. The highest BCUT2D eigenvalue weighted by molar-refractivity contribution is 6.00. The lowest BCUT2D eigenvalue weighted by atomic mass is 10.0. The number of esters is 2. The van der Waals surface area contributed by atoms with Gasteiger partial charge in [-0.15, -0.1) is 0 Å². The first-order valence-electron chi connectivity index (χ1n) is 6.93. The van der Waals surface area contributed by atoms with Gasteiger partial charge in [-0.2, -0.15) is 0 Å². The summed E-state index contributed by atoms with van der Waals surface area (Å²) in [5.41, 5.74) is 1.25. The van der Waals surface area contributed by atoms with Crippen LogP contribution in [0.2, 0.25) is 0 Å². The molecule has 0 amide bonds. The molecular formula is C16H16N2O4. The zero-order valence-electron chi connectivity index (χ0n) is 12.4. The standard InChI is InChI=1S/C16H16N2O4/c1-3-21-15(19)13-11(7-5-9-17-13)12-8-6-10-18-14(12)16(20)22-4-2/h5-10H,3-4H2,1-2H3. The number of hydrogen-bond donors (Lipinski definition) is 0. The molecule has 6 heteroatoms. The van der Waals surface area contributed by atoms with Crippen LogP contribution in [0, 0.1) is 0 Å². The van der Waals surface area contributed by atoms with Crippen molar-refractivity contribution in [2.75, 3.05) is 13.2 Å². The molecule has 0 aliphatic heterocycles. The zero-order chi connectivity index (χ0) is 15.9. The van der Waals surface area contributed by atoms with Gasteiger partial charge in [0.2, 0.25) is 0 Å². The van der Waals surface area contributed by atoms with Crippen LogP contribution in [0.25, 0.3) is 11.1 Å². The fourth-order valence-electron chi connectivity index (χ4n) is 1.97. The topological polar surface area (TPSA) is 78.4 Å². The molecule has 2 heterocycles. The van der Waals surface area contributed by atoms with E-state index in [9.17, 15) is 9.59 Å². The van der Waals surface area contributed by atoms with E-state index in [4.69, 9.17) is 9.47 Å². The summed E-state index contributed by atoms with van der Waals surface area (Å²) in [5, 5.41) is 0. The highest BCUT2D eigenvalue weighted by atomic mass is 16.5. The molecule has 22 heavy (non-hydrogen) atoms. The van der Waals surface area contributed by atoms with Crippen LogP contribution < -0.4 is 0 Å². The Morgan fingerprint density at radius 3 is 1.64 bits per heavy atom. The van der Waals surface area contributed by atoms with Gasteiger partial charge in [0.05, 0.1) is 13.2 Å². The van der Waals surface area contributed by atoms with E-state index in [0.717, 1.165) is 0 Å². The van der Waals surface area contributed by atoms with Crippen LogP contribution in [0.4, 0.5) is 0 Å². The second-order valence-corrected chi connectivity index (χ2v) is 4.24. The van der Waals surface area contributed by atoms with Gasteiger partial charge < -0.3 is 9.47 Å². The number of carbonyl (C=O) groups excluding carboxylic acids is 2. The van der Waals surface area contributed by atoms with Gasteiger partial charge in [-0.3, -0.25) is 0 Å². The minimum Gasteiger partial charge on any atom is -0.461 e. The number of nitrogens with zero attached hydrogens (tertiary/aromatic N) is 2. The lowest BCUT2D eigenvalue weighted by Gasteiger charge is -2.11. The van der Waals surface area contributed by atoms with Crippen molar-refractivity contribution in [1.82, 2.24) is 9.97 Å². The molecule has 0 aliphatic carbocycles. The molecule has 2 aromatic rings. The highest BCUT2D eigenvalue weighted by Crippen LogP contribution is 2.25. The van der Waals surface area contributed by atoms with Gasteiger partial charge in [-0.25, -0.2) is 19.6 Å². The molecule has 0 bridgehead atoms. The summed E-state index contributed by atoms with van der Waals surface area (Å²) in [7, 11) is 0. The van der Waals surface area contributed by atoms with Crippen LogP contribution >= 0.6 is 0 Å². The number of carbonyl (C=O) groups is 2. The molecule has 0 aliphatic rings. The van der Waals surface area contributed by atoms with E-state index in [1.165, 1.54) is 12.4 Å². The Morgan fingerprint density at radius 2 is 1.27 bits per heavy atom. The molecular weight excluding hydrogens is 284 g/mol. The fraction of sp³-hybridized carbons (Fsp3) is 0.250. The molecule has 2 rings (SSSR count). The van der Waals surface area contributed by atoms with Gasteiger partial charge in [-0.05, 0) is 26.0 Å². The van der Waals surface area contributed by atoms with Crippen LogP contribution in [0.1, 0.15) is 34.8 Å². The Hall–Kier alpha value is -2.76. The Morgan fingerprint density at radius 1 is 0.864 bits per heavy atom. The number of hydrogen-bond acceptors (Lipinski definition) is 6. The van der Waals surface area contributed by atoms with E-state index in [1.807, 2.05) is 0 Å². The molecule has 0 unspecified atom stereocenters. The molecule has 0 fully saturated rings. The maximum atomic E-state index is 12.0. The van der Waals surface area contributed by atoms with E-state index in [1.54, 1.807) is 38.1 Å². The average molecular weight is 300 g/mol. The molecule has 0 spiro atoms. The zero-order valence-corrected chi connectivity index (χ0v) is 12.4. The third-order valence-corrected chi connectivity index (χ3v) is 2.84. The normalized spacial score (nSPS) is 10.1. The Bertz CT molecular complexity index is 626. The SMILES string of the molecule is CCOC(=O)c1ncccc1-c1cccnc1C(=O)OCC. The maximum Gasteiger partial charge on any atom is 0.357 e. The molecule has 0 saturated carbocycles. The van der Waals surface area contributed by atoms with Gasteiger partial charge in [0.1, 0.15) is 0 Å². The van der Waals surface area contributed by atoms with E-state index < -0.39 is 11.9 Å². The second kappa shape index (κ2) is 7.31. The molecule has 0 radical (unpaired) electrons. The highest BCUT2D eigenvalue weighted by Gasteiger charge is 2.21. The molecule has 0 saturated heterocycles. The largest absolute Gasteiger partial charge is 0.461 e. The molecule has 2 aromatic heterocycles. The molecule has 0 atom stereocenters. The van der Waals surface area contributed by atoms with Crippen LogP contribution in [-0.2, 0) is 9.47 Å². The molecule has 6 nitrogen and oxygen atoms in total. The second-order valence-electron chi connectivity index (χ2n) is 4.24. The summed E-state index contributed by atoms with van der Waals surface area (Å²) >= 11 is 0. The van der Waals surface area contributed by atoms with Crippen LogP contribution in [0.15, 0.2) is 36.7 Å². The minimum absolute atomic E-state index is 0.142. The summed E-state index contributed by atoms with van der Waals surface area (Å²) in [4.78, 5) is 32.2. The van der Waals surface area contributed by atoms with Crippen molar-refractivity contribution >= 4 is 11.9 Å². The van der Waals surface area contributed by atoms with Gasteiger partial charge in [-0.1, -0.05) is 12.1 Å². The summed E-state index contributed by atoms with van der Waals surface area (Å²) < 4.78 is 10.00. The first-order chi connectivity index (χ1) is 10.7. The third-order valence-electron chi connectivity index (χ3n) is 2.84. The number of ether oxygens (including phenoxy) is 2. The monoisotopic (exact) mass is 300 g/mol. The minimum atomic E-state index is -0.545. The van der Waals surface area contributed by atoms with E-state index in [-0.39, 0.29) is 24.6 Å². The lowest BCUT2D eigenvalue weighted by Crippen LogP contribution is -2.12. The van der Waals surface area contributed by atoms with Crippen molar-refractivity contribution in [3.8, 4) is 11.1 Å². The lowest BCUT2D eigenvalue weighted by molar-refractivity contribution is 0.0508. The summed E-state index contributed by atoms with van der Waals surface area (Å²) in [5.74, 6) is -1.09. The number of pyridine rings is 2. The third kappa shape index (κ3) is 3.28. The summed E-state index contributed by atoms with van der Waals surface area (Å²) in [6.07, 6.45) is 2.99. The smallest absolute Gasteiger partial charge is 0.357 e. The van der Waals surface area contributed by atoms with Crippen molar-refractivity contribution in [3.63, 3.8) is 0 Å². The van der Waals surface area contributed by atoms with E-state index in [0.29, 0.717) is 11.1 Å². The van der Waals surface area contributed by atoms with Crippen molar-refractivity contribution in [1.29, 1.82) is 0 Å². The van der Waals surface area contributed by atoms with E-state index >= 15 is 0 Å². The quantitative estimate of drug-likeness (QED) is 0.789. The molecule has 0 aromatic carbocycles. The predicted octanol–water partition coefficient (Wildman–Crippen LogP) is 2.50. The van der Waals surface area contributed by atoms with Gasteiger partial charge in [0, 0.05) is 23.5 Å². The first-order valence-corrected chi connectivity index (χ1v) is 6.93. The average Bonchev–Trinajstić information content (AvgIpc) is 2.55. The predicted molar refractivity (Wildman–Crippen MR) is 79.4 cm³/mol.